The number of carbonyl (C=O) groups is 1. The van der Waals surface area contributed by atoms with Crippen LogP contribution in [0, 0.1) is 12.8 Å². The van der Waals surface area contributed by atoms with Gasteiger partial charge in [0.25, 0.3) is 5.91 Å². The van der Waals surface area contributed by atoms with E-state index in [2.05, 4.69) is 29.1 Å². The lowest BCUT2D eigenvalue weighted by Crippen LogP contribution is -2.15. The van der Waals surface area contributed by atoms with Crippen LogP contribution in [0.15, 0.2) is 18.3 Å². The summed E-state index contributed by atoms with van der Waals surface area (Å²) in [4.78, 5) is 21.8. The molecule has 0 atom stereocenters. The largest absolute Gasteiger partial charge is 0.481 e. The van der Waals surface area contributed by atoms with Crippen molar-refractivity contribution >= 4 is 22.9 Å². The van der Waals surface area contributed by atoms with Crippen molar-refractivity contribution in [3.05, 3.63) is 33.9 Å². The Kier molecular flexibility index (Phi) is 4.90. The van der Waals surface area contributed by atoms with Crippen molar-refractivity contribution < 1.29 is 9.53 Å². The quantitative estimate of drug-likeness (QED) is 0.920. The Morgan fingerprint density at radius 3 is 2.76 bits per heavy atom. The molecule has 0 bridgehead atoms. The molecule has 112 valence electrons. The molecule has 2 heterocycles. The van der Waals surface area contributed by atoms with Gasteiger partial charge in [0.05, 0.1) is 24.0 Å². The third-order valence-corrected chi connectivity index (χ3v) is 3.81. The number of hydrogen-bond donors (Lipinski definition) is 1. The van der Waals surface area contributed by atoms with Gasteiger partial charge in [-0.05, 0) is 25.3 Å². The summed E-state index contributed by atoms with van der Waals surface area (Å²) in [7, 11) is 1.55. The lowest BCUT2D eigenvalue weighted by molar-refractivity contribution is 0.102. The molecule has 5 nitrogen and oxygen atoms in total. The Morgan fingerprint density at radius 2 is 2.19 bits per heavy atom. The summed E-state index contributed by atoms with van der Waals surface area (Å²) in [6.07, 6.45) is 2.42. The van der Waals surface area contributed by atoms with Gasteiger partial charge >= 0.3 is 0 Å². The summed E-state index contributed by atoms with van der Waals surface area (Å²) in [5.41, 5.74) is 1.14. The number of rotatable bonds is 5. The van der Waals surface area contributed by atoms with E-state index in [-0.39, 0.29) is 5.91 Å². The summed E-state index contributed by atoms with van der Waals surface area (Å²) in [6.45, 7) is 6.18. The van der Waals surface area contributed by atoms with Crippen LogP contribution < -0.4 is 10.1 Å². The molecule has 0 aromatic carbocycles. The fourth-order valence-corrected chi connectivity index (χ4v) is 3.07. The zero-order chi connectivity index (χ0) is 15.4. The predicted molar refractivity (Wildman–Crippen MR) is 84.1 cm³/mol. The van der Waals surface area contributed by atoms with Crippen molar-refractivity contribution in [2.45, 2.75) is 27.2 Å². The zero-order valence-corrected chi connectivity index (χ0v) is 13.5. The predicted octanol–water partition coefficient (Wildman–Crippen LogP) is 3.31. The third kappa shape index (κ3) is 4.01. The van der Waals surface area contributed by atoms with Crippen LogP contribution in [0.5, 0.6) is 5.88 Å². The summed E-state index contributed by atoms with van der Waals surface area (Å²) in [5.74, 6) is 0.805. The first-order valence-corrected chi connectivity index (χ1v) is 7.59. The first-order chi connectivity index (χ1) is 9.99. The fourth-order valence-electron chi connectivity index (χ4n) is 1.92. The van der Waals surface area contributed by atoms with E-state index < -0.39 is 0 Å². The Bertz CT molecular complexity index is 620. The highest BCUT2D eigenvalue weighted by atomic mass is 32.1. The molecule has 0 spiro atoms. The average molecular weight is 305 g/mol. The second-order valence-electron chi connectivity index (χ2n) is 5.15. The van der Waals surface area contributed by atoms with E-state index in [4.69, 9.17) is 4.74 Å². The molecule has 2 rings (SSSR count). The first-order valence-electron chi connectivity index (χ1n) is 6.77. The number of ether oxygens (including phenoxy) is 1. The van der Waals surface area contributed by atoms with Crippen molar-refractivity contribution in [2.75, 3.05) is 12.4 Å². The normalized spacial score (nSPS) is 10.7. The number of nitrogens with one attached hydrogen (secondary N) is 1. The first kappa shape index (κ1) is 15.4. The van der Waals surface area contributed by atoms with Gasteiger partial charge in [0.2, 0.25) is 5.88 Å². The highest BCUT2D eigenvalue weighted by molar-refractivity contribution is 7.11. The second kappa shape index (κ2) is 6.67. The molecule has 0 aliphatic rings. The van der Waals surface area contributed by atoms with E-state index >= 15 is 0 Å². The molecular weight excluding hydrogens is 286 g/mol. The maximum atomic E-state index is 12.4. The van der Waals surface area contributed by atoms with Crippen molar-refractivity contribution in [2.24, 2.45) is 5.92 Å². The molecule has 0 radical (unpaired) electrons. The number of aryl methyl sites for hydroxylation is 1. The molecule has 0 unspecified atom stereocenters. The van der Waals surface area contributed by atoms with Gasteiger partial charge < -0.3 is 10.1 Å². The lowest BCUT2D eigenvalue weighted by Gasteiger charge is -2.07. The number of nitrogens with zero attached hydrogens (tertiary/aromatic N) is 2. The van der Waals surface area contributed by atoms with Gasteiger partial charge in [-0.3, -0.25) is 4.79 Å². The van der Waals surface area contributed by atoms with Crippen molar-refractivity contribution in [1.82, 2.24) is 9.97 Å². The number of pyridine rings is 1. The van der Waals surface area contributed by atoms with E-state index in [1.54, 1.807) is 36.8 Å². The topological polar surface area (TPSA) is 64.1 Å². The SMILES string of the molecule is COc1ccc(NC(=O)c2nc(C)sc2CC(C)C)cn1. The highest BCUT2D eigenvalue weighted by Crippen LogP contribution is 2.22. The van der Waals surface area contributed by atoms with E-state index in [0.717, 1.165) is 16.3 Å². The van der Waals surface area contributed by atoms with Crippen LogP contribution in [-0.4, -0.2) is 23.0 Å². The van der Waals surface area contributed by atoms with Gasteiger partial charge in [-0.1, -0.05) is 13.8 Å². The van der Waals surface area contributed by atoms with Crippen LogP contribution >= 0.6 is 11.3 Å². The van der Waals surface area contributed by atoms with Crippen LogP contribution in [0.25, 0.3) is 0 Å². The van der Waals surface area contributed by atoms with E-state index in [9.17, 15) is 4.79 Å². The summed E-state index contributed by atoms with van der Waals surface area (Å²) < 4.78 is 4.99. The van der Waals surface area contributed by atoms with Crippen molar-refractivity contribution in [3.8, 4) is 5.88 Å². The number of thiazole rings is 1. The highest BCUT2D eigenvalue weighted by Gasteiger charge is 2.18. The Labute approximate surface area is 128 Å². The number of anilines is 1. The average Bonchev–Trinajstić information content (AvgIpc) is 2.79. The van der Waals surface area contributed by atoms with Crippen molar-refractivity contribution in [1.29, 1.82) is 0 Å². The molecule has 1 N–H and O–H groups in total. The Morgan fingerprint density at radius 1 is 1.43 bits per heavy atom. The minimum Gasteiger partial charge on any atom is -0.481 e. The molecule has 0 saturated carbocycles. The van der Waals surface area contributed by atoms with Crippen LogP contribution in [-0.2, 0) is 6.42 Å². The molecule has 1 amide bonds. The van der Waals surface area contributed by atoms with Gasteiger partial charge in [-0.25, -0.2) is 9.97 Å². The molecule has 0 aliphatic heterocycles. The van der Waals surface area contributed by atoms with Gasteiger partial charge in [0.1, 0.15) is 5.69 Å². The van der Waals surface area contributed by atoms with Crippen LogP contribution in [0.3, 0.4) is 0 Å². The molecule has 6 heteroatoms. The molecule has 0 fully saturated rings. The van der Waals surface area contributed by atoms with Gasteiger partial charge in [-0.2, -0.15) is 0 Å². The maximum Gasteiger partial charge on any atom is 0.275 e. The van der Waals surface area contributed by atoms with Crippen LogP contribution in [0.4, 0.5) is 5.69 Å². The second-order valence-corrected chi connectivity index (χ2v) is 6.43. The lowest BCUT2D eigenvalue weighted by atomic mass is 10.1. The Balaban J connectivity index is 2.15. The van der Waals surface area contributed by atoms with Gasteiger partial charge in [0, 0.05) is 10.9 Å². The summed E-state index contributed by atoms with van der Waals surface area (Å²) in [6, 6.07) is 3.46. The number of amides is 1. The van der Waals surface area contributed by atoms with Crippen molar-refractivity contribution in [3.63, 3.8) is 0 Å². The standard InChI is InChI=1S/C15H19N3O2S/c1-9(2)7-12-14(17-10(3)21-12)15(19)18-11-5-6-13(20-4)16-8-11/h5-6,8-9H,7H2,1-4H3,(H,18,19). The third-order valence-electron chi connectivity index (χ3n) is 2.82. The fraction of sp³-hybridized carbons (Fsp3) is 0.400. The number of methoxy groups -OCH3 is 1. The van der Waals surface area contributed by atoms with Gasteiger partial charge in [-0.15, -0.1) is 11.3 Å². The summed E-state index contributed by atoms with van der Waals surface area (Å²) in [5, 5.41) is 3.73. The molecule has 2 aromatic rings. The number of carbonyl (C=O) groups excluding carboxylic acids is 1. The molecule has 0 saturated heterocycles. The molecular formula is C15H19N3O2S. The van der Waals surface area contributed by atoms with E-state index in [1.807, 2.05) is 6.92 Å². The molecule has 2 aromatic heterocycles. The van der Waals surface area contributed by atoms with E-state index in [0.29, 0.717) is 23.2 Å². The minimum atomic E-state index is -0.193. The summed E-state index contributed by atoms with van der Waals surface area (Å²) >= 11 is 1.58. The smallest absolute Gasteiger partial charge is 0.275 e. The van der Waals surface area contributed by atoms with Gasteiger partial charge in [0.15, 0.2) is 0 Å². The monoisotopic (exact) mass is 305 g/mol. The van der Waals surface area contributed by atoms with Crippen LogP contribution in [0.1, 0.15) is 34.2 Å². The molecule has 21 heavy (non-hydrogen) atoms. The zero-order valence-electron chi connectivity index (χ0n) is 12.6. The minimum absolute atomic E-state index is 0.193. The van der Waals surface area contributed by atoms with Crippen LogP contribution in [0.2, 0.25) is 0 Å². The Hall–Kier alpha value is -1.95. The molecule has 0 aliphatic carbocycles. The van der Waals surface area contributed by atoms with E-state index in [1.165, 1.54) is 0 Å². The number of aromatic nitrogens is 2. The number of hydrogen-bond acceptors (Lipinski definition) is 5. The maximum absolute atomic E-state index is 12.4.